The Hall–Kier alpha value is -1.51. The van der Waals surface area contributed by atoms with Gasteiger partial charge < -0.3 is 10.2 Å². The number of unbranched alkanes of at least 4 members (excludes halogenated alkanes) is 8. The highest BCUT2D eigenvalue weighted by Crippen LogP contribution is 2.26. The Balaban J connectivity index is 2.19. The summed E-state index contributed by atoms with van der Waals surface area (Å²) >= 11 is 0. The van der Waals surface area contributed by atoms with Crippen molar-refractivity contribution in [2.75, 3.05) is 0 Å². The summed E-state index contributed by atoms with van der Waals surface area (Å²) in [6.07, 6.45) is 12.6. The molecule has 0 radical (unpaired) electrons. The second kappa shape index (κ2) is 9.43. The van der Waals surface area contributed by atoms with Crippen molar-refractivity contribution in [1.82, 2.24) is 0 Å². The number of hydrogen-bond donors (Lipinski definition) is 2. The van der Waals surface area contributed by atoms with Gasteiger partial charge in [-0.1, -0.05) is 64.9 Å². The molecule has 1 rings (SSSR count). The summed E-state index contributed by atoms with van der Waals surface area (Å²) in [7, 11) is 0. The van der Waals surface area contributed by atoms with Crippen LogP contribution in [0.4, 0.5) is 0 Å². The van der Waals surface area contributed by atoms with Crippen molar-refractivity contribution in [2.45, 2.75) is 71.1 Å². The molecule has 0 aromatic carbocycles. The van der Waals surface area contributed by atoms with Crippen LogP contribution in [0.2, 0.25) is 0 Å². The molecule has 0 aromatic heterocycles. The Bertz CT molecular complexity index is 430. The number of rotatable bonds is 10. The van der Waals surface area contributed by atoms with Crippen molar-refractivity contribution in [1.29, 1.82) is 0 Å². The average molecular weight is 292 g/mol. The third-order valence-electron chi connectivity index (χ3n) is 3.94. The lowest BCUT2D eigenvalue weighted by Gasteiger charge is -2.14. The van der Waals surface area contributed by atoms with Crippen LogP contribution in [0.3, 0.4) is 0 Å². The Labute approximate surface area is 128 Å². The van der Waals surface area contributed by atoms with E-state index in [1.54, 1.807) is 0 Å². The van der Waals surface area contributed by atoms with E-state index in [0.29, 0.717) is 17.6 Å². The molecule has 0 unspecified atom stereocenters. The van der Waals surface area contributed by atoms with Crippen molar-refractivity contribution in [3.63, 3.8) is 0 Å². The fourth-order valence-electron chi connectivity index (χ4n) is 2.60. The number of aliphatic hydroxyl groups excluding tert-OH is 2. The van der Waals surface area contributed by atoms with Crippen LogP contribution in [-0.4, -0.2) is 16.0 Å². The maximum atomic E-state index is 11.8. The van der Waals surface area contributed by atoms with Crippen molar-refractivity contribution >= 4 is 5.78 Å². The summed E-state index contributed by atoms with van der Waals surface area (Å²) in [4.78, 5) is 11.8. The predicted octanol–water partition coefficient (Wildman–Crippen LogP) is 5.30. The quantitative estimate of drug-likeness (QED) is 0.537. The van der Waals surface area contributed by atoms with E-state index in [1.807, 2.05) is 0 Å². The summed E-state index contributed by atoms with van der Waals surface area (Å²) in [5, 5.41) is 19.3. The molecule has 21 heavy (non-hydrogen) atoms. The molecule has 0 bridgehead atoms. The number of carbonyl (C=O) groups is 1. The largest absolute Gasteiger partial charge is 0.507 e. The molecule has 0 amide bonds. The van der Waals surface area contributed by atoms with Gasteiger partial charge in [-0.25, -0.2) is 0 Å². The lowest BCUT2D eigenvalue weighted by molar-refractivity contribution is -0.115. The Morgan fingerprint density at radius 3 is 2.05 bits per heavy atom. The summed E-state index contributed by atoms with van der Waals surface area (Å²) < 4.78 is 0. The number of ketones is 1. The molecule has 1 aliphatic carbocycles. The molecule has 0 saturated heterocycles. The molecule has 3 heteroatoms. The van der Waals surface area contributed by atoms with Crippen LogP contribution in [0, 0.1) is 0 Å². The number of allylic oxidation sites excluding steroid dienone is 2. The molecule has 118 valence electrons. The van der Waals surface area contributed by atoms with Crippen LogP contribution in [0.1, 0.15) is 71.1 Å². The lowest BCUT2D eigenvalue weighted by atomic mass is 9.93. The third-order valence-corrected chi connectivity index (χ3v) is 3.94. The first-order valence-corrected chi connectivity index (χ1v) is 8.14. The molecule has 0 spiro atoms. The molecule has 0 atom stereocenters. The zero-order chi connectivity index (χ0) is 15.7. The van der Waals surface area contributed by atoms with Gasteiger partial charge in [0.15, 0.2) is 5.76 Å². The highest BCUT2D eigenvalue weighted by atomic mass is 16.3. The second-order valence-corrected chi connectivity index (χ2v) is 5.79. The molecule has 1 aliphatic rings. The molecule has 0 saturated carbocycles. The van der Waals surface area contributed by atoms with Gasteiger partial charge >= 0.3 is 0 Å². The van der Waals surface area contributed by atoms with Gasteiger partial charge in [-0.15, -0.1) is 0 Å². The third kappa shape index (κ3) is 5.78. The SMILES string of the molecule is C=C1C=C(O)C(=O)C(CCCCCCCCCCC)=C1O. The first-order chi connectivity index (χ1) is 10.1. The highest BCUT2D eigenvalue weighted by molar-refractivity contribution is 6.09. The van der Waals surface area contributed by atoms with E-state index >= 15 is 0 Å². The Morgan fingerprint density at radius 1 is 0.952 bits per heavy atom. The van der Waals surface area contributed by atoms with Crippen molar-refractivity contribution in [3.05, 3.63) is 35.3 Å². The van der Waals surface area contributed by atoms with E-state index in [1.165, 1.54) is 44.6 Å². The summed E-state index contributed by atoms with van der Waals surface area (Å²) in [5.74, 6) is -0.833. The number of carbonyl (C=O) groups excluding carboxylic acids is 1. The minimum absolute atomic E-state index is 0.0580. The van der Waals surface area contributed by atoms with Gasteiger partial charge in [0, 0.05) is 11.1 Å². The van der Waals surface area contributed by atoms with Crippen molar-refractivity contribution in [2.24, 2.45) is 0 Å². The van der Waals surface area contributed by atoms with Crippen LogP contribution in [0.15, 0.2) is 35.3 Å². The molecule has 0 aromatic rings. The van der Waals surface area contributed by atoms with E-state index in [2.05, 4.69) is 13.5 Å². The molecule has 0 heterocycles. The number of aliphatic hydroxyl groups is 2. The lowest BCUT2D eigenvalue weighted by Crippen LogP contribution is -2.14. The van der Waals surface area contributed by atoms with Gasteiger partial charge in [0.05, 0.1) is 0 Å². The summed E-state index contributed by atoms with van der Waals surface area (Å²) in [5.41, 5.74) is 0.626. The second-order valence-electron chi connectivity index (χ2n) is 5.79. The van der Waals surface area contributed by atoms with Gasteiger partial charge in [0.1, 0.15) is 5.76 Å². The van der Waals surface area contributed by atoms with E-state index in [-0.39, 0.29) is 11.5 Å². The smallest absolute Gasteiger partial charge is 0.227 e. The zero-order valence-electron chi connectivity index (χ0n) is 13.2. The van der Waals surface area contributed by atoms with E-state index in [9.17, 15) is 15.0 Å². The molecule has 2 N–H and O–H groups in total. The van der Waals surface area contributed by atoms with E-state index in [0.717, 1.165) is 19.3 Å². The number of hydrogen-bond acceptors (Lipinski definition) is 3. The van der Waals surface area contributed by atoms with E-state index in [4.69, 9.17) is 0 Å². The Kier molecular flexibility index (Phi) is 7.88. The monoisotopic (exact) mass is 292 g/mol. The molecule has 0 aliphatic heterocycles. The standard InChI is InChI=1S/C18H28O3/c1-3-4-5-6-7-8-9-10-11-12-15-17(20)14(2)13-16(19)18(15)21/h13,19-20H,2-12H2,1H3. The van der Waals surface area contributed by atoms with Gasteiger partial charge in [-0.2, -0.15) is 0 Å². The van der Waals surface area contributed by atoms with Crippen molar-refractivity contribution < 1.29 is 15.0 Å². The van der Waals surface area contributed by atoms with Gasteiger partial charge in [-0.05, 0) is 18.9 Å². The molecule has 0 fully saturated rings. The topological polar surface area (TPSA) is 57.5 Å². The minimum atomic E-state index is -0.459. The summed E-state index contributed by atoms with van der Waals surface area (Å²) in [6, 6.07) is 0. The first kappa shape index (κ1) is 17.5. The average Bonchev–Trinajstić information content (AvgIpc) is 2.46. The highest BCUT2D eigenvalue weighted by Gasteiger charge is 2.24. The normalized spacial score (nSPS) is 15.6. The van der Waals surface area contributed by atoms with Gasteiger partial charge in [0.25, 0.3) is 0 Å². The first-order valence-electron chi connectivity index (χ1n) is 8.14. The van der Waals surface area contributed by atoms with Crippen LogP contribution >= 0.6 is 0 Å². The van der Waals surface area contributed by atoms with Crippen LogP contribution < -0.4 is 0 Å². The minimum Gasteiger partial charge on any atom is -0.507 e. The fraction of sp³-hybridized carbons (Fsp3) is 0.611. The molecular weight excluding hydrogens is 264 g/mol. The molecule has 3 nitrogen and oxygen atoms in total. The van der Waals surface area contributed by atoms with Gasteiger partial charge in [-0.3, -0.25) is 4.79 Å². The summed E-state index contributed by atoms with van der Waals surface area (Å²) in [6.45, 7) is 5.85. The van der Waals surface area contributed by atoms with E-state index < -0.39 is 5.78 Å². The Morgan fingerprint density at radius 2 is 1.48 bits per heavy atom. The van der Waals surface area contributed by atoms with Crippen molar-refractivity contribution in [3.8, 4) is 0 Å². The van der Waals surface area contributed by atoms with Gasteiger partial charge in [0.2, 0.25) is 5.78 Å². The van der Waals surface area contributed by atoms with Crippen LogP contribution in [-0.2, 0) is 4.79 Å². The molecular formula is C18H28O3. The van der Waals surface area contributed by atoms with Crippen LogP contribution in [0.25, 0.3) is 0 Å². The zero-order valence-corrected chi connectivity index (χ0v) is 13.2. The fourth-order valence-corrected chi connectivity index (χ4v) is 2.60. The maximum absolute atomic E-state index is 11.8. The predicted molar refractivity (Wildman–Crippen MR) is 86.4 cm³/mol. The van der Waals surface area contributed by atoms with Crippen LogP contribution in [0.5, 0.6) is 0 Å². The number of Topliss-reactive ketones (excluding diaryl/α,β-unsaturated/α-hetero) is 1. The maximum Gasteiger partial charge on any atom is 0.227 e.